The van der Waals surface area contributed by atoms with E-state index < -0.39 is 0 Å². The van der Waals surface area contributed by atoms with E-state index in [0.717, 1.165) is 0 Å². The zero-order valence-corrected chi connectivity index (χ0v) is 8.50. The van der Waals surface area contributed by atoms with Gasteiger partial charge in [-0.2, -0.15) is 0 Å². The Morgan fingerprint density at radius 3 is 2.64 bits per heavy atom. The lowest BCUT2D eigenvalue weighted by atomic mass is 10.4. The number of pyridine rings is 1. The molecular formula is C8H6Cl2N4. The van der Waals surface area contributed by atoms with Gasteiger partial charge in [-0.3, -0.25) is 0 Å². The van der Waals surface area contributed by atoms with E-state index in [1.165, 1.54) is 4.68 Å². The fraction of sp³-hybridized carbons (Fsp3) is 0. The Balaban J connectivity index is 2.55. The molecule has 0 fully saturated rings. The third-order valence-electron chi connectivity index (χ3n) is 1.65. The van der Waals surface area contributed by atoms with Gasteiger partial charge in [0.25, 0.3) is 0 Å². The molecule has 0 aliphatic carbocycles. The summed E-state index contributed by atoms with van der Waals surface area (Å²) in [6.45, 7) is 0. The fourth-order valence-electron chi connectivity index (χ4n) is 1.02. The molecule has 0 saturated carbocycles. The second-order valence-corrected chi connectivity index (χ2v) is 3.43. The number of aromatic nitrogens is 3. The Morgan fingerprint density at radius 1 is 1.29 bits per heavy atom. The van der Waals surface area contributed by atoms with Crippen molar-refractivity contribution in [1.82, 2.24) is 14.8 Å². The lowest BCUT2D eigenvalue weighted by Gasteiger charge is -2.00. The molecule has 72 valence electrons. The second kappa shape index (κ2) is 3.48. The second-order valence-electron chi connectivity index (χ2n) is 2.62. The highest BCUT2D eigenvalue weighted by Crippen LogP contribution is 2.21. The van der Waals surface area contributed by atoms with Crippen molar-refractivity contribution in [3.05, 3.63) is 34.6 Å². The Bertz CT molecular complexity index is 447. The van der Waals surface area contributed by atoms with Crippen LogP contribution in [-0.2, 0) is 0 Å². The topological polar surface area (TPSA) is 56.7 Å². The zero-order chi connectivity index (χ0) is 10.1. The molecule has 6 heteroatoms. The maximum Gasteiger partial charge on any atom is 0.172 e. The summed E-state index contributed by atoms with van der Waals surface area (Å²) in [4.78, 5) is 4.06. The molecule has 0 atom stereocenters. The molecule has 0 radical (unpaired) electrons. The van der Waals surface area contributed by atoms with Crippen LogP contribution in [0.5, 0.6) is 0 Å². The molecule has 14 heavy (non-hydrogen) atoms. The van der Waals surface area contributed by atoms with Crippen LogP contribution in [-0.4, -0.2) is 14.8 Å². The number of rotatable bonds is 1. The number of nitrogens with zero attached hydrogens (tertiary/aromatic N) is 3. The highest BCUT2D eigenvalue weighted by Gasteiger charge is 2.08. The molecule has 2 N–H and O–H groups in total. The van der Waals surface area contributed by atoms with E-state index in [0.29, 0.717) is 15.9 Å². The Morgan fingerprint density at radius 2 is 2.07 bits per heavy atom. The molecule has 0 aliphatic rings. The number of nitrogens with two attached hydrogens (primary N) is 1. The van der Waals surface area contributed by atoms with Gasteiger partial charge in [0.15, 0.2) is 11.6 Å². The first-order valence-electron chi connectivity index (χ1n) is 3.80. The molecule has 0 spiro atoms. The molecule has 0 aliphatic heterocycles. The Hall–Kier alpha value is -1.26. The average molecular weight is 229 g/mol. The third kappa shape index (κ3) is 1.54. The van der Waals surface area contributed by atoms with E-state index in [4.69, 9.17) is 28.9 Å². The Labute approximate surface area is 90.3 Å². The zero-order valence-electron chi connectivity index (χ0n) is 6.98. The van der Waals surface area contributed by atoms with Gasteiger partial charge in [0.2, 0.25) is 0 Å². The van der Waals surface area contributed by atoms with Crippen molar-refractivity contribution >= 4 is 29.0 Å². The van der Waals surface area contributed by atoms with Crippen molar-refractivity contribution in [3.63, 3.8) is 0 Å². The Kier molecular flexibility index (Phi) is 2.31. The molecule has 0 saturated heterocycles. The van der Waals surface area contributed by atoms with Gasteiger partial charge >= 0.3 is 0 Å². The number of hydrogen-bond acceptors (Lipinski definition) is 3. The minimum absolute atomic E-state index is 0.258. The molecule has 0 aromatic carbocycles. The molecule has 0 amide bonds. The van der Waals surface area contributed by atoms with Crippen LogP contribution in [0.25, 0.3) is 5.82 Å². The van der Waals surface area contributed by atoms with Gasteiger partial charge in [-0.25, -0.2) is 9.67 Å². The summed E-state index contributed by atoms with van der Waals surface area (Å²) in [7, 11) is 0. The van der Waals surface area contributed by atoms with Gasteiger partial charge in [-0.1, -0.05) is 23.2 Å². The number of halogens is 2. The van der Waals surface area contributed by atoms with Crippen molar-refractivity contribution in [2.75, 3.05) is 5.73 Å². The predicted octanol–water partition coefficient (Wildman–Crippen LogP) is 2.16. The van der Waals surface area contributed by atoms with E-state index in [1.54, 1.807) is 24.5 Å². The minimum atomic E-state index is 0.258. The summed E-state index contributed by atoms with van der Waals surface area (Å²) in [5.41, 5.74) is 5.49. The largest absolute Gasteiger partial charge is 0.381 e. The van der Waals surface area contributed by atoms with E-state index in [9.17, 15) is 0 Å². The van der Waals surface area contributed by atoms with Gasteiger partial charge in [0, 0.05) is 6.20 Å². The van der Waals surface area contributed by atoms with E-state index in [1.807, 2.05) is 0 Å². The first kappa shape index (κ1) is 9.30. The molecule has 2 aromatic rings. The first-order chi connectivity index (χ1) is 6.68. The van der Waals surface area contributed by atoms with Gasteiger partial charge < -0.3 is 5.73 Å². The van der Waals surface area contributed by atoms with E-state index in [-0.39, 0.29) is 5.82 Å². The summed E-state index contributed by atoms with van der Waals surface area (Å²) in [5.74, 6) is 0.765. The van der Waals surface area contributed by atoms with Crippen LogP contribution >= 0.6 is 23.2 Å². The van der Waals surface area contributed by atoms with Crippen LogP contribution in [0.4, 0.5) is 5.82 Å². The van der Waals surface area contributed by atoms with Crippen molar-refractivity contribution in [2.45, 2.75) is 0 Å². The minimum Gasteiger partial charge on any atom is -0.381 e. The monoisotopic (exact) mass is 228 g/mol. The van der Waals surface area contributed by atoms with Gasteiger partial charge in [-0.05, 0) is 12.1 Å². The van der Waals surface area contributed by atoms with Crippen molar-refractivity contribution < 1.29 is 0 Å². The number of hydrogen-bond donors (Lipinski definition) is 1. The summed E-state index contributed by atoms with van der Waals surface area (Å²) in [5, 5.41) is 4.83. The van der Waals surface area contributed by atoms with Crippen LogP contribution in [0.15, 0.2) is 24.5 Å². The van der Waals surface area contributed by atoms with E-state index in [2.05, 4.69) is 10.1 Å². The van der Waals surface area contributed by atoms with Crippen molar-refractivity contribution in [3.8, 4) is 5.82 Å². The first-order valence-corrected chi connectivity index (χ1v) is 4.55. The SMILES string of the molecule is Nc1nn(-c2ncccc2Cl)cc1Cl. The molecule has 2 heterocycles. The van der Waals surface area contributed by atoms with Crippen molar-refractivity contribution in [1.29, 1.82) is 0 Å². The molecule has 4 nitrogen and oxygen atoms in total. The van der Waals surface area contributed by atoms with Crippen LogP contribution in [0.1, 0.15) is 0 Å². The standard InChI is InChI=1S/C8H6Cl2N4/c9-5-2-1-3-12-8(5)14-4-6(10)7(11)13-14/h1-4H,(H2,11,13). The maximum absolute atomic E-state index is 5.91. The molecule has 0 unspecified atom stereocenters. The maximum atomic E-state index is 5.91. The quantitative estimate of drug-likeness (QED) is 0.814. The third-order valence-corrected chi connectivity index (χ3v) is 2.24. The van der Waals surface area contributed by atoms with Crippen LogP contribution in [0.2, 0.25) is 10.0 Å². The molecule has 2 aromatic heterocycles. The molecule has 0 bridgehead atoms. The highest BCUT2D eigenvalue weighted by atomic mass is 35.5. The number of anilines is 1. The average Bonchev–Trinajstić information content (AvgIpc) is 2.48. The van der Waals surface area contributed by atoms with Gasteiger partial charge in [-0.15, -0.1) is 5.10 Å². The molecule has 2 rings (SSSR count). The lowest BCUT2D eigenvalue weighted by molar-refractivity contribution is 0.852. The summed E-state index contributed by atoms with van der Waals surface area (Å²) < 4.78 is 1.44. The van der Waals surface area contributed by atoms with Crippen LogP contribution in [0, 0.1) is 0 Å². The lowest BCUT2D eigenvalue weighted by Crippen LogP contribution is -1.99. The van der Waals surface area contributed by atoms with E-state index >= 15 is 0 Å². The highest BCUT2D eigenvalue weighted by molar-refractivity contribution is 6.33. The predicted molar refractivity (Wildman–Crippen MR) is 55.8 cm³/mol. The van der Waals surface area contributed by atoms with Crippen LogP contribution in [0.3, 0.4) is 0 Å². The summed E-state index contributed by atoms with van der Waals surface area (Å²) >= 11 is 11.7. The number of nitrogen functional groups attached to an aromatic ring is 1. The van der Waals surface area contributed by atoms with Gasteiger partial charge in [0.1, 0.15) is 5.02 Å². The summed E-state index contributed by atoms with van der Waals surface area (Å²) in [6, 6.07) is 3.45. The molecular weight excluding hydrogens is 223 g/mol. The summed E-state index contributed by atoms with van der Waals surface area (Å²) in [6.07, 6.45) is 3.18. The fourth-order valence-corrected chi connectivity index (χ4v) is 1.36. The van der Waals surface area contributed by atoms with Crippen molar-refractivity contribution in [2.24, 2.45) is 0 Å². The van der Waals surface area contributed by atoms with Crippen LogP contribution < -0.4 is 5.73 Å². The smallest absolute Gasteiger partial charge is 0.172 e. The normalized spacial score (nSPS) is 10.4. The van der Waals surface area contributed by atoms with Gasteiger partial charge in [0.05, 0.1) is 11.2 Å².